The highest BCUT2D eigenvalue weighted by atomic mass is 32.2. The van der Waals surface area contributed by atoms with E-state index in [1.54, 1.807) is 0 Å². The Balaban J connectivity index is 1.90. The fourth-order valence-electron chi connectivity index (χ4n) is 2.85. The molecule has 2 aliphatic carbocycles. The summed E-state index contributed by atoms with van der Waals surface area (Å²) < 4.78 is 31.6. The number of sulfonamides is 1. The van der Waals surface area contributed by atoms with E-state index in [4.69, 9.17) is 9.84 Å². The molecular formula is C12H21NO5S. The minimum atomic E-state index is -3.37. The van der Waals surface area contributed by atoms with Crippen LogP contribution in [0.15, 0.2) is 0 Å². The third-order valence-corrected chi connectivity index (χ3v) is 6.42. The number of hydrogen-bond acceptors (Lipinski definition) is 4. The van der Waals surface area contributed by atoms with Crippen molar-refractivity contribution >= 4 is 16.0 Å². The number of nitrogens with one attached hydrogen (secondary N) is 1. The Kier molecular flexibility index (Phi) is 4.17. The maximum atomic E-state index is 12.3. The van der Waals surface area contributed by atoms with Crippen molar-refractivity contribution in [3.8, 4) is 0 Å². The molecule has 2 atom stereocenters. The number of carboxylic acid groups (broad SMARTS) is 1. The summed E-state index contributed by atoms with van der Waals surface area (Å²) in [7, 11) is -1.86. The third-order valence-electron chi connectivity index (χ3n) is 4.11. The van der Waals surface area contributed by atoms with Crippen LogP contribution in [0, 0.1) is 5.92 Å². The molecule has 2 fully saturated rings. The number of carboxylic acids is 1. The van der Waals surface area contributed by atoms with Crippen molar-refractivity contribution in [3.05, 3.63) is 0 Å². The average Bonchev–Trinajstić information content (AvgIpc) is 2.96. The molecule has 0 aromatic carbocycles. The maximum Gasteiger partial charge on any atom is 0.303 e. The molecule has 0 saturated heterocycles. The Morgan fingerprint density at radius 1 is 1.42 bits per heavy atom. The van der Waals surface area contributed by atoms with Crippen molar-refractivity contribution in [1.82, 2.24) is 4.72 Å². The van der Waals surface area contributed by atoms with Crippen LogP contribution in [0.5, 0.6) is 0 Å². The monoisotopic (exact) mass is 291 g/mol. The number of hydrogen-bond donors (Lipinski definition) is 2. The smallest absolute Gasteiger partial charge is 0.303 e. The molecule has 2 aliphatic rings. The van der Waals surface area contributed by atoms with E-state index in [2.05, 4.69) is 4.72 Å². The van der Waals surface area contributed by atoms with Crippen molar-refractivity contribution in [1.29, 1.82) is 0 Å². The van der Waals surface area contributed by atoms with E-state index in [9.17, 15) is 13.2 Å². The molecule has 0 heterocycles. The predicted molar refractivity (Wildman–Crippen MR) is 69.3 cm³/mol. The maximum absolute atomic E-state index is 12.3. The van der Waals surface area contributed by atoms with Crippen LogP contribution in [-0.4, -0.2) is 44.0 Å². The zero-order valence-corrected chi connectivity index (χ0v) is 11.9. The van der Waals surface area contributed by atoms with Gasteiger partial charge in [0.1, 0.15) is 4.75 Å². The lowest BCUT2D eigenvalue weighted by Crippen LogP contribution is -2.43. The van der Waals surface area contributed by atoms with Crippen LogP contribution < -0.4 is 4.72 Å². The summed E-state index contributed by atoms with van der Waals surface area (Å²) in [6, 6.07) is -0.122. The van der Waals surface area contributed by atoms with Crippen molar-refractivity contribution in [2.45, 2.75) is 49.3 Å². The minimum absolute atomic E-state index is 0.0859. The first-order chi connectivity index (χ1) is 8.88. The molecule has 0 amide bonds. The number of aliphatic carboxylic acids is 1. The molecule has 7 heteroatoms. The van der Waals surface area contributed by atoms with Gasteiger partial charge in [-0.3, -0.25) is 4.79 Å². The molecule has 6 nitrogen and oxygen atoms in total. The van der Waals surface area contributed by atoms with Crippen LogP contribution in [0.2, 0.25) is 0 Å². The van der Waals surface area contributed by atoms with Crippen LogP contribution in [0.4, 0.5) is 0 Å². The zero-order chi connectivity index (χ0) is 14.1. The van der Waals surface area contributed by atoms with Gasteiger partial charge in [-0.2, -0.15) is 0 Å². The van der Waals surface area contributed by atoms with E-state index in [0.29, 0.717) is 19.3 Å². The molecule has 0 aromatic heterocycles. The molecule has 0 spiro atoms. The van der Waals surface area contributed by atoms with Gasteiger partial charge < -0.3 is 9.84 Å². The number of methoxy groups -OCH3 is 1. The second-order valence-electron chi connectivity index (χ2n) is 5.71. The third kappa shape index (κ3) is 3.27. The van der Waals surface area contributed by atoms with Gasteiger partial charge in [0.25, 0.3) is 0 Å². The summed E-state index contributed by atoms with van der Waals surface area (Å²) in [4.78, 5) is 10.6. The second kappa shape index (κ2) is 5.38. The fraction of sp³-hybridized carbons (Fsp3) is 0.917. The molecule has 0 radical (unpaired) electrons. The highest BCUT2D eigenvalue weighted by Gasteiger charge is 2.55. The molecule has 2 saturated carbocycles. The van der Waals surface area contributed by atoms with E-state index in [0.717, 1.165) is 12.8 Å². The Labute approximate surface area is 113 Å². The minimum Gasteiger partial charge on any atom is -0.481 e. The topological polar surface area (TPSA) is 92.7 Å². The Hall–Kier alpha value is -0.660. The quantitative estimate of drug-likeness (QED) is 0.721. The van der Waals surface area contributed by atoms with Gasteiger partial charge in [0.2, 0.25) is 10.0 Å². The largest absolute Gasteiger partial charge is 0.481 e. The molecule has 0 bridgehead atoms. The van der Waals surface area contributed by atoms with Crippen molar-refractivity contribution in [3.63, 3.8) is 0 Å². The zero-order valence-electron chi connectivity index (χ0n) is 11.1. The Morgan fingerprint density at radius 2 is 2.11 bits per heavy atom. The number of ether oxygens (including phenoxy) is 1. The van der Waals surface area contributed by atoms with Crippen LogP contribution in [-0.2, 0) is 19.6 Å². The standard InChI is InChI=1S/C12H21NO5S/c1-18-8-12(4-5-12)19(16,17)13-10-3-2-9(6-10)7-11(14)15/h9-10,13H,2-8H2,1H3,(H,14,15)/t9-,10+/m0/s1. The Morgan fingerprint density at radius 3 is 2.63 bits per heavy atom. The van der Waals surface area contributed by atoms with E-state index in [-0.39, 0.29) is 25.0 Å². The van der Waals surface area contributed by atoms with Crippen molar-refractivity contribution < 1.29 is 23.1 Å². The normalized spacial score (nSPS) is 29.3. The van der Waals surface area contributed by atoms with E-state index in [1.807, 2.05) is 0 Å². The van der Waals surface area contributed by atoms with Gasteiger partial charge in [0, 0.05) is 19.6 Å². The lowest BCUT2D eigenvalue weighted by Gasteiger charge is -2.19. The van der Waals surface area contributed by atoms with Gasteiger partial charge in [0.05, 0.1) is 6.61 Å². The van der Waals surface area contributed by atoms with Gasteiger partial charge in [-0.05, 0) is 38.0 Å². The van der Waals surface area contributed by atoms with Gasteiger partial charge >= 0.3 is 5.97 Å². The summed E-state index contributed by atoms with van der Waals surface area (Å²) in [5.74, 6) is -0.727. The van der Waals surface area contributed by atoms with Crippen LogP contribution in [0.3, 0.4) is 0 Å². The SMILES string of the molecule is COCC1(S(=O)(=O)N[C@@H]2CC[C@H](CC(=O)O)C2)CC1. The molecule has 0 aromatic rings. The van der Waals surface area contributed by atoms with Crippen LogP contribution in [0.1, 0.15) is 38.5 Å². The lowest BCUT2D eigenvalue weighted by atomic mass is 10.0. The summed E-state index contributed by atoms with van der Waals surface area (Å²) in [6.07, 6.45) is 3.52. The van der Waals surface area contributed by atoms with Crippen LogP contribution in [0.25, 0.3) is 0 Å². The van der Waals surface area contributed by atoms with Crippen LogP contribution >= 0.6 is 0 Å². The summed E-state index contributed by atoms with van der Waals surface area (Å²) in [6.45, 7) is 0.230. The first-order valence-corrected chi connectivity index (χ1v) is 8.09. The van der Waals surface area contributed by atoms with Gasteiger partial charge in [-0.1, -0.05) is 0 Å². The average molecular weight is 291 g/mol. The molecule has 2 rings (SSSR count). The molecular weight excluding hydrogens is 270 g/mol. The van der Waals surface area contributed by atoms with Gasteiger partial charge in [-0.25, -0.2) is 13.1 Å². The van der Waals surface area contributed by atoms with Gasteiger partial charge in [0.15, 0.2) is 0 Å². The highest BCUT2D eigenvalue weighted by molar-refractivity contribution is 7.91. The molecule has 2 N–H and O–H groups in total. The van der Waals surface area contributed by atoms with Crippen molar-refractivity contribution in [2.24, 2.45) is 5.92 Å². The first-order valence-electron chi connectivity index (χ1n) is 6.61. The molecule has 0 aliphatic heterocycles. The second-order valence-corrected chi connectivity index (χ2v) is 7.82. The predicted octanol–water partition coefficient (Wildman–Crippen LogP) is 0.728. The fourth-order valence-corrected chi connectivity index (χ4v) is 4.67. The first kappa shape index (κ1) is 14.7. The van der Waals surface area contributed by atoms with E-state index >= 15 is 0 Å². The lowest BCUT2D eigenvalue weighted by molar-refractivity contribution is -0.138. The van der Waals surface area contributed by atoms with E-state index < -0.39 is 20.7 Å². The molecule has 19 heavy (non-hydrogen) atoms. The van der Waals surface area contributed by atoms with E-state index in [1.165, 1.54) is 7.11 Å². The molecule has 110 valence electrons. The summed E-state index contributed by atoms with van der Waals surface area (Å²) >= 11 is 0. The van der Waals surface area contributed by atoms with Crippen molar-refractivity contribution in [2.75, 3.05) is 13.7 Å². The molecule has 0 unspecified atom stereocenters. The number of carbonyl (C=O) groups is 1. The summed E-state index contributed by atoms with van der Waals surface area (Å²) in [5.41, 5.74) is 0. The Bertz CT molecular complexity index is 443. The summed E-state index contributed by atoms with van der Waals surface area (Å²) in [5, 5.41) is 8.75. The highest BCUT2D eigenvalue weighted by Crippen LogP contribution is 2.44. The number of rotatable bonds is 7. The van der Waals surface area contributed by atoms with Gasteiger partial charge in [-0.15, -0.1) is 0 Å².